The second kappa shape index (κ2) is 22.8. The highest BCUT2D eigenvalue weighted by Crippen LogP contribution is 2.12. The van der Waals surface area contributed by atoms with Crippen molar-refractivity contribution in [3.8, 4) is 5.75 Å². The second-order valence-corrected chi connectivity index (χ2v) is 8.05. The van der Waals surface area contributed by atoms with Gasteiger partial charge in [-0.15, -0.1) is 0 Å². The van der Waals surface area contributed by atoms with Crippen LogP contribution in [0.15, 0.2) is 24.3 Å². The molecule has 0 spiro atoms. The summed E-state index contributed by atoms with van der Waals surface area (Å²) < 4.78 is 27.7. The predicted octanol–water partition coefficient (Wildman–Crippen LogP) is 5.63. The molecule has 0 fully saturated rings. The molecule has 0 aliphatic heterocycles. The lowest BCUT2D eigenvalue weighted by Crippen LogP contribution is -2.13. The van der Waals surface area contributed by atoms with E-state index >= 15 is 0 Å². The first-order valence-electron chi connectivity index (χ1n) is 12.6. The molecule has 0 atom stereocenters. The molecule has 0 aromatic heterocycles. The van der Waals surface area contributed by atoms with Crippen LogP contribution < -0.4 is 10.5 Å². The Bertz CT molecular complexity index is 497. The molecule has 0 amide bonds. The summed E-state index contributed by atoms with van der Waals surface area (Å²) in [6.45, 7) is 7.70. The van der Waals surface area contributed by atoms with Gasteiger partial charge in [0.05, 0.1) is 46.2 Å². The smallest absolute Gasteiger partial charge is 0.119 e. The third kappa shape index (κ3) is 19.4. The summed E-state index contributed by atoms with van der Waals surface area (Å²) in [5, 5.41) is 0. The zero-order valence-electron chi connectivity index (χ0n) is 20.4. The number of hydrogen-bond acceptors (Lipinski definition) is 6. The predicted molar refractivity (Wildman–Crippen MR) is 131 cm³/mol. The molecule has 6 nitrogen and oxygen atoms in total. The Kier molecular flexibility index (Phi) is 20.5. The molecule has 0 aliphatic rings. The second-order valence-electron chi connectivity index (χ2n) is 8.05. The zero-order valence-corrected chi connectivity index (χ0v) is 20.4. The molecule has 0 aliphatic carbocycles. The van der Waals surface area contributed by atoms with Crippen molar-refractivity contribution < 1.29 is 23.7 Å². The summed E-state index contributed by atoms with van der Waals surface area (Å²) in [6, 6.07) is 7.33. The van der Waals surface area contributed by atoms with E-state index in [1.807, 2.05) is 24.3 Å². The normalized spacial score (nSPS) is 11.2. The number of nitrogen functional groups attached to an aromatic ring is 1. The quantitative estimate of drug-likeness (QED) is 0.161. The van der Waals surface area contributed by atoms with Gasteiger partial charge >= 0.3 is 0 Å². The fourth-order valence-corrected chi connectivity index (χ4v) is 3.24. The van der Waals surface area contributed by atoms with E-state index in [1.54, 1.807) is 0 Å². The van der Waals surface area contributed by atoms with Gasteiger partial charge in [-0.05, 0) is 30.7 Å². The van der Waals surface area contributed by atoms with Crippen molar-refractivity contribution in [3.63, 3.8) is 0 Å². The van der Waals surface area contributed by atoms with E-state index in [0.29, 0.717) is 52.9 Å². The van der Waals surface area contributed by atoms with Crippen LogP contribution >= 0.6 is 0 Å². The Morgan fingerprint density at radius 2 is 0.906 bits per heavy atom. The average molecular weight is 454 g/mol. The first-order valence-corrected chi connectivity index (χ1v) is 12.6. The highest BCUT2D eigenvalue weighted by Gasteiger charge is 1.96. The monoisotopic (exact) mass is 453 g/mol. The fourth-order valence-electron chi connectivity index (χ4n) is 3.24. The summed E-state index contributed by atoms with van der Waals surface area (Å²) in [7, 11) is 0. The summed E-state index contributed by atoms with van der Waals surface area (Å²) in [4.78, 5) is 0. The van der Waals surface area contributed by atoms with Crippen LogP contribution in [0.3, 0.4) is 0 Å². The number of benzene rings is 1. The molecule has 0 radical (unpaired) electrons. The van der Waals surface area contributed by atoms with E-state index in [2.05, 4.69) is 6.92 Å². The van der Waals surface area contributed by atoms with Crippen molar-refractivity contribution in [3.05, 3.63) is 24.3 Å². The minimum atomic E-state index is 0.506. The van der Waals surface area contributed by atoms with Crippen molar-refractivity contribution in [2.45, 2.75) is 71.1 Å². The molecule has 0 heterocycles. The highest BCUT2D eigenvalue weighted by atomic mass is 16.6. The maximum absolute atomic E-state index is 5.63. The van der Waals surface area contributed by atoms with E-state index in [0.717, 1.165) is 24.5 Å². The van der Waals surface area contributed by atoms with Crippen molar-refractivity contribution in [1.82, 2.24) is 0 Å². The van der Waals surface area contributed by atoms with Gasteiger partial charge in [0.1, 0.15) is 12.4 Å². The van der Waals surface area contributed by atoms with E-state index in [-0.39, 0.29) is 0 Å². The van der Waals surface area contributed by atoms with Gasteiger partial charge in [-0.25, -0.2) is 0 Å². The summed E-state index contributed by atoms with van der Waals surface area (Å²) in [6.07, 6.45) is 13.5. The van der Waals surface area contributed by atoms with Crippen LogP contribution in [0.5, 0.6) is 5.75 Å². The number of anilines is 1. The van der Waals surface area contributed by atoms with Crippen molar-refractivity contribution in [2.75, 3.05) is 65.2 Å². The average Bonchev–Trinajstić information content (AvgIpc) is 2.81. The summed E-state index contributed by atoms with van der Waals surface area (Å²) >= 11 is 0. The van der Waals surface area contributed by atoms with E-state index < -0.39 is 0 Å². The summed E-state index contributed by atoms with van der Waals surface area (Å²) in [5.41, 5.74) is 6.36. The van der Waals surface area contributed by atoms with Gasteiger partial charge in [0.25, 0.3) is 0 Å². The van der Waals surface area contributed by atoms with E-state index in [1.165, 1.54) is 57.8 Å². The SMILES string of the molecule is CCCCCCCCCCCCOCCOCCOCCOCCOc1ccc(N)cc1. The molecular formula is C26H47NO5. The molecule has 0 saturated carbocycles. The number of rotatable bonds is 24. The van der Waals surface area contributed by atoms with Gasteiger partial charge < -0.3 is 29.4 Å². The number of ether oxygens (including phenoxy) is 5. The number of hydrogen-bond donors (Lipinski definition) is 1. The Morgan fingerprint density at radius 3 is 1.41 bits per heavy atom. The molecule has 0 unspecified atom stereocenters. The zero-order chi connectivity index (χ0) is 23.0. The lowest BCUT2D eigenvalue weighted by atomic mass is 10.1. The molecule has 6 heteroatoms. The first kappa shape index (κ1) is 28.7. The van der Waals surface area contributed by atoms with Crippen LogP contribution in [-0.4, -0.2) is 59.5 Å². The molecule has 0 saturated heterocycles. The molecule has 2 N–H and O–H groups in total. The van der Waals surface area contributed by atoms with Gasteiger partial charge in [0.2, 0.25) is 0 Å². The Labute approximate surface area is 196 Å². The maximum Gasteiger partial charge on any atom is 0.119 e. The molecule has 186 valence electrons. The fraction of sp³-hybridized carbons (Fsp3) is 0.769. The Balaban J connectivity index is 1.67. The van der Waals surface area contributed by atoms with Crippen molar-refractivity contribution in [2.24, 2.45) is 0 Å². The van der Waals surface area contributed by atoms with Crippen molar-refractivity contribution in [1.29, 1.82) is 0 Å². The first-order chi connectivity index (χ1) is 15.8. The summed E-state index contributed by atoms with van der Waals surface area (Å²) in [5.74, 6) is 0.795. The van der Waals surface area contributed by atoms with Gasteiger partial charge in [-0.3, -0.25) is 0 Å². The van der Waals surface area contributed by atoms with Gasteiger partial charge in [0.15, 0.2) is 0 Å². The minimum Gasteiger partial charge on any atom is -0.491 e. The highest BCUT2D eigenvalue weighted by molar-refractivity contribution is 5.41. The third-order valence-corrected chi connectivity index (χ3v) is 5.13. The van der Waals surface area contributed by atoms with Crippen LogP contribution in [0.1, 0.15) is 71.1 Å². The van der Waals surface area contributed by atoms with Gasteiger partial charge in [0, 0.05) is 12.3 Å². The van der Waals surface area contributed by atoms with Crippen LogP contribution in [0, 0.1) is 0 Å². The molecular weight excluding hydrogens is 406 g/mol. The van der Waals surface area contributed by atoms with E-state index in [4.69, 9.17) is 29.4 Å². The third-order valence-electron chi connectivity index (χ3n) is 5.13. The molecule has 0 bridgehead atoms. The number of nitrogens with two attached hydrogens (primary N) is 1. The van der Waals surface area contributed by atoms with Crippen molar-refractivity contribution >= 4 is 5.69 Å². The van der Waals surface area contributed by atoms with Crippen LogP contribution in [0.2, 0.25) is 0 Å². The van der Waals surface area contributed by atoms with E-state index in [9.17, 15) is 0 Å². The van der Waals surface area contributed by atoms with Crippen LogP contribution in [-0.2, 0) is 18.9 Å². The lowest BCUT2D eigenvalue weighted by Gasteiger charge is -2.08. The maximum atomic E-state index is 5.63. The number of unbranched alkanes of at least 4 members (excludes halogenated alkanes) is 9. The topological polar surface area (TPSA) is 72.2 Å². The Morgan fingerprint density at radius 1 is 0.500 bits per heavy atom. The standard InChI is InChI=1S/C26H47NO5/c1-2-3-4-5-6-7-8-9-10-11-16-28-17-18-29-19-20-30-21-22-31-23-24-32-26-14-12-25(27)13-15-26/h12-15H,2-11,16-24,27H2,1H3. The molecule has 1 rings (SSSR count). The van der Waals surface area contributed by atoms with Gasteiger partial charge in [-0.1, -0.05) is 64.7 Å². The molecule has 1 aromatic rings. The lowest BCUT2D eigenvalue weighted by molar-refractivity contribution is -0.00487. The Hall–Kier alpha value is -1.34. The van der Waals surface area contributed by atoms with Gasteiger partial charge in [-0.2, -0.15) is 0 Å². The molecule has 32 heavy (non-hydrogen) atoms. The molecule has 1 aromatic carbocycles. The largest absolute Gasteiger partial charge is 0.491 e. The minimum absolute atomic E-state index is 0.506. The van der Waals surface area contributed by atoms with Crippen LogP contribution in [0.4, 0.5) is 5.69 Å². The van der Waals surface area contributed by atoms with Crippen LogP contribution in [0.25, 0.3) is 0 Å².